The van der Waals surface area contributed by atoms with Crippen molar-refractivity contribution in [1.82, 2.24) is 14.7 Å². The molecule has 1 aliphatic heterocycles. The molecule has 3 aromatic rings. The number of nitrogens with zero attached hydrogens (tertiary/aromatic N) is 3. The zero-order chi connectivity index (χ0) is 20.9. The first-order valence-electron chi connectivity index (χ1n) is 10.1. The van der Waals surface area contributed by atoms with Crippen molar-refractivity contribution < 1.29 is 13.9 Å². The van der Waals surface area contributed by atoms with Crippen molar-refractivity contribution in [3.63, 3.8) is 0 Å². The van der Waals surface area contributed by atoms with Crippen molar-refractivity contribution >= 4 is 17.7 Å². The topological polar surface area (TPSA) is 47.4 Å². The fraction of sp³-hybridized carbons (Fsp3) is 0.304. The Bertz CT molecular complexity index is 1020. The number of aryl methyl sites for hydroxylation is 1. The third-order valence-electron chi connectivity index (χ3n) is 5.13. The molecule has 4 rings (SSSR count). The number of halogens is 1. The van der Waals surface area contributed by atoms with E-state index in [1.54, 1.807) is 22.9 Å². The Morgan fingerprint density at radius 3 is 2.53 bits per heavy atom. The minimum absolute atomic E-state index is 0.134. The van der Waals surface area contributed by atoms with E-state index in [2.05, 4.69) is 5.10 Å². The van der Waals surface area contributed by atoms with Gasteiger partial charge in [0.2, 0.25) is 11.8 Å². The van der Waals surface area contributed by atoms with Gasteiger partial charge in [-0.25, -0.2) is 9.07 Å². The molecule has 1 amide bonds. The smallest absolute Gasteiger partial charge is 0.226 e. The summed E-state index contributed by atoms with van der Waals surface area (Å²) < 4.78 is 22.0. The molecular formula is C23H24FN3O2S. The molecule has 0 aliphatic carbocycles. The number of amides is 1. The predicted octanol–water partition coefficient (Wildman–Crippen LogP) is 4.62. The third-order valence-corrected chi connectivity index (χ3v) is 6.08. The van der Waals surface area contributed by atoms with E-state index in [0.29, 0.717) is 18.7 Å². The van der Waals surface area contributed by atoms with Gasteiger partial charge in [0.1, 0.15) is 0 Å². The first-order chi connectivity index (χ1) is 14.6. The SMILES string of the molecule is Cc1nn(-c2ccccc2)c(Oc2ccccc2F)c1CCC(=O)N1CCSCC1. The molecule has 0 spiro atoms. The van der Waals surface area contributed by atoms with Crippen LogP contribution in [0.1, 0.15) is 17.7 Å². The van der Waals surface area contributed by atoms with Crippen molar-refractivity contribution in [3.8, 4) is 17.3 Å². The molecule has 0 unspecified atom stereocenters. The zero-order valence-electron chi connectivity index (χ0n) is 16.9. The summed E-state index contributed by atoms with van der Waals surface area (Å²) >= 11 is 1.88. The molecule has 0 N–H and O–H groups in total. The maximum atomic E-state index is 14.3. The molecule has 156 valence electrons. The quantitative estimate of drug-likeness (QED) is 0.578. The summed E-state index contributed by atoms with van der Waals surface area (Å²) in [7, 11) is 0. The first-order valence-corrected chi connectivity index (χ1v) is 11.2. The second-order valence-electron chi connectivity index (χ2n) is 7.14. The summed E-state index contributed by atoms with van der Waals surface area (Å²) in [6.07, 6.45) is 0.866. The van der Waals surface area contributed by atoms with Gasteiger partial charge >= 0.3 is 0 Å². The van der Waals surface area contributed by atoms with Crippen LogP contribution in [0.2, 0.25) is 0 Å². The molecule has 1 aromatic heterocycles. The standard InChI is InChI=1S/C23H24FN3O2S/c1-17-19(11-12-22(28)26-13-15-30-16-14-26)23(29-21-10-6-5-9-20(21)24)27(25-17)18-7-3-2-4-8-18/h2-10H,11-16H2,1H3. The van der Waals surface area contributed by atoms with Crippen molar-refractivity contribution in [1.29, 1.82) is 0 Å². The van der Waals surface area contributed by atoms with E-state index in [4.69, 9.17) is 4.74 Å². The van der Waals surface area contributed by atoms with E-state index < -0.39 is 5.82 Å². The molecule has 30 heavy (non-hydrogen) atoms. The highest BCUT2D eigenvalue weighted by atomic mass is 32.2. The Hall–Kier alpha value is -2.80. The van der Waals surface area contributed by atoms with E-state index >= 15 is 0 Å². The van der Waals surface area contributed by atoms with Gasteiger partial charge in [-0.1, -0.05) is 30.3 Å². The van der Waals surface area contributed by atoms with Gasteiger partial charge < -0.3 is 9.64 Å². The average Bonchev–Trinajstić information content (AvgIpc) is 3.10. The van der Waals surface area contributed by atoms with Crippen LogP contribution in [0.4, 0.5) is 4.39 Å². The number of aromatic nitrogens is 2. The number of carbonyl (C=O) groups is 1. The summed E-state index contributed by atoms with van der Waals surface area (Å²) in [5.74, 6) is 2.25. The van der Waals surface area contributed by atoms with Crippen LogP contribution in [0.25, 0.3) is 5.69 Å². The van der Waals surface area contributed by atoms with E-state index in [1.165, 1.54) is 6.07 Å². The molecule has 2 heterocycles. The number of hydrogen-bond donors (Lipinski definition) is 0. The minimum Gasteiger partial charge on any atom is -0.436 e. The van der Waals surface area contributed by atoms with Crippen LogP contribution < -0.4 is 4.74 Å². The fourth-order valence-electron chi connectivity index (χ4n) is 3.51. The van der Waals surface area contributed by atoms with Crippen molar-refractivity contribution in [2.45, 2.75) is 19.8 Å². The van der Waals surface area contributed by atoms with Gasteiger partial charge in [0.25, 0.3) is 0 Å². The molecule has 0 saturated carbocycles. The maximum absolute atomic E-state index is 14.3. The van der Waals surface area contributed by atoms with Crippen LogP contribution in [-0.2, 0) is 11.2 Å². The van der Waals surface area contributed by atoms with Crippen LogP contribution in [-0.4, -0.2) is 45.2 Å². The van der Waals surface area contributed by atoms with Crippen LogP contribution in [0.5, 0.6) is 11.6 Å². The van der Waals surface area contributed by atoms with Gasteiger partial charge in [0, 0.05) is 36.6 Å². The Balaban J connectivity index is 1.64. The van der Waals surface area contributed by atoms with Crippen molar-refractivity contribution in [2.75, 3.05) is 24.6 Å². The van der Waals surface area contributed by atoms with Gasteiger partial charge in [-0.15, -0.1) is 0 Å². The first kappa shape index (κ1) is 20.5. The monoisotopic (exact) mass is 425 g/mol. The highest BCUT2D eigenvalue weighted by Gasteiger charge is 2.22. The molecule has 5 nitrogen and oxygen atoms in total. The summed E-state index contributed by atoms with van der Waals surface area (Å²) in [6.45, 7) is 3.49. The van der Waals surface area contributed by atoms with Crippen LogP contribution >= 0.6 is 11.8 Å². The Labute approximate surface area is 179 Å². The Morgan fingerprint density at radius 1 is 1.10 bits per heavy atom. The Kier molecular flexibility index (Phi) is 6.38. The molecule has 1 aliphatic rings. The minimum atomic E-state index is -0.441. The molecule has 1 fully saturated rings. The highest BCUT2D eigenvalue weighted by molar-refractivity contribution is 7.99. The van der Waals surface area contributed by atoms with E-state index in [9.17, 15) is 9.18 Å². The largest absolute Gasteiger partial charge is 0.436 e. The molecular weight excluding hydrogens is 401 g/mol. The lowest BCUT2D eigenvalue weighted by Gasteiger charge is -2.26. The molecule has 2 aromatic carbocycles. The van der Waals surface area contributed by atoms with E-state index in [0.717, 1.165) is 41.5 Å². The zero-order valence-corrected chi connectivity index (χ0v) is 17.7. The van der Waals surface area contributed by atoms with Crippen LogP contribution in [0.3, 0.4) is 0 Å². The summed E-state index contributed by atoms with van der Waals surface area (Å²) in [4.78, 5) is 14.6. The lowest BCUT2D eigenvalue weighted by Crippen LogP contribution is -2.38. The molecule has 7 heteroatoms. The highest BCUT2D eigenvalue weighted by Crippen LogP contribution is 2.32. The number of rotatable bonds is 6. The lowest BCUT2D eigenvalue weighted by molar-refractivity contribution is -0.130. The number of benzene rings is 2. The predicted molar refractivity (Wildman–Crippen MR) is 117 cm³/mol. The normalized spacial score (nSPS) is 14.0. The Morgan fingerprint density at radius 2 is 1.80 bits per heavy atom. The van der Waals surface area contributed by atoms with Gasteiger partial charge in [0.15, 0.2) is 11.6 Å². The van der Waals surface area contributed by atoms with Gasteiger partial charge in [-0.3, -0.25) is 4.79 Å². The average molecular weight is 426 g/mol. The summed E-state index contributed by atoms with van der Waals surface area (Å²) in [5, 5.41) is 4.64. The van der Waals surface area contributed by atoms with Crippen molar-refractivity contribution in [2.24, 2.45) is 0 Å². The lowest BCUT2D eigenvalue weighted by atomic mass is 10.1. The molecule has 0 radical (unpaired) electrons. The fourth-order valence-corrected chi connectivity index (χ4v) is 4.41. The van der Waals surface area contributed by atoms with Crippen molar-refractivity contribution in [3.05, 3.63) is 71.7 Å². The summed E-state index contributed by atoms with van der Waals surface area (Å²) in [6, 6.07) is 15.9. The second kappa shape index (κ2) is 9.34. The van der Waals surface area contributed by atoms with Crippen LogP contribution in [0.15, 0.2) is 54.6 Å². The van der Waals surface area contributed by atoms with Gasteiger partial charge in [-0.05, 0) is 37.6 Å². The van der Waals surface area contributed by atoms with E-state index in [1.807, 2.05) is 53.9 Å². The van der Waals surface area contributed by atoms with E-state index in [-0.39, 0.29) is 11.7 Å². The maximum Gasteiger partial charge on any atom is 0.226 e. The number of carbonyl (C=O) groups excluding carboxylic acids is 1. The third kappa shape index (κ3) is 4.51. The number of ether oxygens (including phenoxy) is 1. The molecule has 0 atom stereocenters. The summed E-state index contributed by atoms with van der Waals surface area (Å²) in [5.41, 5.74) is 2.41. The molecule has 1 saturated heterocycles. The second-order valence-corrected chi connectivity index (χ2v) is 8.37. The van der Waals surface area contributed by atoms with Gasteiger partial charge in [-0.2, -0.15) is 16.9 Å². The van der Waals surface area contributed by atoms with Crippen LogP contribution in [0, 0.1) is 12.7 Å². The number of thioether (sulfide) groups is 1. The molecule has 0 bridgehead atoms. The number of hydrogen-bond acceptors (Lipinski definition) is 4. The van der Waals surface area contributed by atoms with Gasteiger partial charge in [0.05, 0.1) is 11.4 Å². The number of para-hydroxylation sites is 2.